The Hall–Kier alpha value is -2.73. The summed E-state index contributed by atoms with van der Waals surface area (Å²) in [6.45, 7) is 20.2. The first-order chi connectivity index (χ1) is 32.7. The van der Waals surface area contributed by atoms with Crippen LogP contribution in [0, 0.1) is 29.6 Å². The van der Waals surface area contributed by atoms with E-state index in [4.69, 9.17) is 42.6 Å². The molecule has 0 spiro atoms. The van der Waals surface area contributed by atoms with E-state index >= 15 is 9.59 Å². The van der Waals surface area contributed by atoms with E-state index in [0.29, 0.717) is 26.1 Å². The lowest BCUT2D eigenvalue weighted by atomic mass is 9.69. The summed E-state index contributed by atoms with van der Waals surface area (Å²) in [6.07, 6.45) is -5.02. The fraction of sp³-hybridized carbons (Fsp3) is 0.709. The maximum atomic E-state index is 15.1. The number of benzene rings is 2. The molecule has 1 N–H and O–H groups in total. The standard InChI is InChI=1S/C55H83NO12S/c1-15-43-55(10)45(41(30-63-55)32-69-31-40-24-20-17-21-25-40)35(4)46(57)33(2)27-53(8,60-13)49(68-52-47(58)42(56(11)12)26-34(3)64-52)36(5)48(37(6)51(59)66-43)67-44-28-54(9,61-14)50(38(7)65-44)62-29-39-22-18-16-19-23-39/h16-25,32-38,42-45,47-50,52,58H,15,26-31H2,1-14H3/b41-32-/t33-,34-,35?,36+,37-,38+,42+,43-,44+,45-,47-,48+,49-,50+,52+,53-,54-,55-/m1/s1. The summed E-state index contributed by atoms with van der Waals surface area (Å²) in [5.74, 6) is -2.65. The van der Waals surface area contributed by atoms with E-state index in [2.05, 4.69) is 17.5 Å². The van der Waals surface area contributed by atoms with Crippen molar-refractivity contribution in [3.8, 4) is 0 Å². The summed E-state index contributed by atoms with van der Waals surface area (Å²) in [5, 5.41) is 14.1. The van der Waals surface area contributed by atoms with Crippen molar-refractivity contribution >= 4 is 23.5 Å². The zero-order valence-corrected chi connectivity index (χ0v) is 44.6. The van der Waals surface area contributed by atoms with E-state index in [9.17, 15) is 5.11 Å². The highest BCUT2D eigenvalue weighted by Gasteiger charge is 2.57. The fourth-order valence-electron chi connectivity index (χ4n) is 11.8. The maximum Gasteiger partial charge on any atom is 0.311 e. The van der Waals surface area contributed by atoms with E-state index < -0.39 is 102 Å². The molecule has 386 valence electrons. The van der Waals surface area contributed by atoms with Crippen molar-refractivity contribution in [1.82, 2.24) is 4.90 Å². The Morgan fingerprint density at radius 1 is 0.826 bits per heavy atom. The number of cyclic esters (lactones) is 1. The number of rotatable bonds is 14. The predicted octanol–water partition coefficient (Wildman–Crippen LogP) is 8.77. The van der Waals surface area contributed by atoms with Crippen LogP contribution >= 0.6 is 11.8 Å². The van der Waals surface area contributed by atoms with E-state index in [-0.39, 0.29) is 30.8 Å². The molecule has 69 heavy (non-hydrogen) atoms. The molecule has 4 fully saturated rings. The second-order valence-corrected chi connectivity index (χ2v) is 22.0. The highest BCUT2D eigenvalue weighted by molar-refractivity contribution is 8.01. The average Bonchev–Trinajstić information content (AvgIpc) is 3.67. The Bertz CT molecular complexity index is 1990. The number of fused-ring (bicyclic) bond motifs is 1. The third-order valence-corrected chi connectivity index (χ3v) is 16.8. The van der Waals surface area contributed by atoms with Gasteiger partial charge in [-0.1, -0.05) is 88.4 Å². The number of aliphatic hydroxyl groups excluding tert-OH is 1. The summed E-state index contributed by atoms with van der Waals surface area (Å²) in [5.41, 5.74) is 0.177. The normalized spacial score (nSPS) is 41.2. The van der Waals surface area contributed by atoms with Gasteiger partial charge in [0, 0.05) is 56.1 Å². The molecule has 13 nitrogen and oxygen atoms in total. The van der Waals surface area contributed by atoms with Gasteiger partial charge in [0.15, 0.2) is 12.6 Å². The number of likely N-dealkylation sites (N-methyl/N-ethyl adjacent to an activating group) is 1. The zero-order valence-electron chi connectivity index (χ0n) is 43.8. The van der Waals surface area contributed by atoms with Gasteiger partial charge in [-0.15, -0.1) is 11.8 Å². The Labute approximate surface area is 416 Å². The Morgan fingerprint density at radius 3 is 2.06 bits per heavy atom. The number of nitrogens with zero attached hydrogens (tertiary/aromatic N) is 1. The summed E-state index contributed by atoms with van der Waals surface area (Å²) >= 11 is 1.67. The number of Topliss-reactive ketones (excluding diaryl/α,β-unsaturated/α-hetero) is 1. The summed E-state index contributed by atoms with van der Waals surface area (Å²) in [6, 6.07) is 20.0. The van der Waals surface area contributed by atoms with E-state index in [1.807, 2.05) is 137 Å². The van der Waals surface area contributed by atoms with Crippen LogP contribution in [0.5, 0.6) is 0 Å². The number of carbonyl (C=O) groups is 2. The van der Waals surface area contributed by atoms with Crippen LogP contribution in [0.15, 0.2) is 71.6 Å². The van der Waals surface area contributed by atoms with Gasteiger partial charge in [0.05, 0.1) is 54.7 Å². The smallest absolute Gasteiger partial charge is 0.311 e. The SMILES string of the molecule is CC[C@H]1OC(=O)[C@H](C)[C@@H](O[C@H]2C[C@@](C)(OC)[C@@H](OCc3ccccc3)[C@H](C)O2)[C@H](C)[C@@H](O[C@@H]2O[C@H](C)C[C@H](N(C)C)[C@H]2O)[C@](C)(OC)C[C@@H](C)C(=O)C(C)[C@@H]2/C(=C\SCc3ccccc3)CO[C@]12C. The minimum Gasteiger partial charge on any atom is -0.459 e. The molecule has 4 heterocycles. The average molecular weight is 982 g/mol. The molecule has 14 heteroatoms. The molecule has 0 aliphatic carbocycles. The topological polar surface area (TPSA) is 141 Å². The van der Waals surface area contributed by atoms with Crippen LogP contribution in [0.3, 0.4) is 0 Å². The lowest BCUT2D eigenvalue weighted by molar-refractivity contribution is -0.322. The molecule has 1 unspecified atom stereocenters. The second-order valence-electron chi connectivity index (χ2n) is 21.2. The molecular weight excluding hydrogens is 899 g/mol. The summed E-state index contributed by atoms with van der Waals surface area (Å²) in [7, 11) is 7.15. The minimum absolute atomic E-state index is 0.0347. The maximum absolute atomic E-state index is 15.1. The van der Waals surface area contributed by atoms with Gasteiger partial charge in [-0.25, -0.2) is 0 Å². The van der Waals surface area contributed by atoms with Crippen LogP contribution in [-0.4, -0.2) is 135 Å². The number of thioether (sulfide) groups is 1. The number of carbonyl (C=O) groups excluding carboxylic acids is 2. The molecule has 4 aliphatic heterocycles. The van der Waals surface area contributed by atoms with Crippen molar-refractivity contribution in [3.63, 3.8) is 0 Å². The van der Waals surface area contributed by atoms with Crippen molar-refractivity contribution in [2.24, 2.45) is 29.6 Å². The minimum atomic E-state index is -1.18. The first kappa shape index (κ1) is 55.6. The molecule has 6 rings (SSSR count). The van der Waals surface area contributed by atoms with Crippen LogP contribution in [-0.2, 0) is 64.6 Å². The predicted molar refractivity (Wildman–Crippen MR) is 267 cm³/mol. The molecule has 0 amide bonds. The van der Waals surface area contributed by atoms with Gasteiger partial charge in [-0.05, 0) is 97.0 Å². The van der Waals surface area contributed by atoms with E-state index in [0.717, 1.165) is 16.9 Å². The van der Waals surface area contributed by atoms with Gasteiger partial charge < -0.3 is 52.6 Å². The third-order valence-electron chi connectivity index (χ3n) is 15.8. The highest BCUT2D eigenvalue weighted by atomic mass is 32.2. The molecule has 0 radical (unpaired) electrons. The first-order valence-electron chi connectivity index (χ1n) is 25.1. The quantitative estimate of drug-likeness (QED) is 0.180. The lowest BCUT2D eigenvalue weighted by Gasteiger charge is -2.50. The van der Waals surface area contributed by atoms with Gasteiger partial charge in [0.25, 0.3) is 0 Å². The Kier molecular flexibility index (Phi) is 19.2. The molecule has 2 aromatic rings. The number of esters is 1. The van der Waals surface area contributed by atoms with Gasteiger partial charge in [-0.2, -0.15) is 0 Å². The number of ketones is 1. The molecule has 18 atom stereocenters. The zero-order chi connectivity index (χ0) is 50.4. The van der Waals surface area contributed by atoms with Crippen molar-refractivity contribution in [2.75, 3.05) is 34.9 Å². The fourth-order valence-corrected chi connectivity index (χ4v) is 12.7. The molecule has 0 aromatic heterocycles. The summed E-state index contributed by atoms with van der Waals surface area (Å²) < 4.78 is 60.2. The molecule has 2 aromatic carbocycles. The van der Waals surface area contributed by atoms with Crippen LogP contribution in [0.4, 0.5) is 0 Å². The molecule has 4 aliphatic rings. The molecule has 0 bridgehead atoms. The van der Waals surface area contributed by atoms with Crippen LogP contribution in [0.1, 0.15) is 106 Å². The summed E-state index contributed by atoms with van der Waals surface area (Å²) in [4.78, 5) is 32.2. The van der Waals surface area contributed by atoms with Crippen molar-refractivity contribution in [1.29, 1.82) is 0 Å². The number of hydrogen-bond acceptors (Lipinski definition) is 14. The molecule has 0 saturated carbocycles. The number of hydrogen-bond donors (Lipinski definition) is 1. The monoisotopic (exact) mass is 982 g/mol. The van der Waals surface area contributed by atoms with Crippen molar-refractivity contribution in [3.05, 3.63) is 82.8 Å². The highest BCUT2D eigenvalue weighted by Crippen LogP contribution is 2.48. The van der Waals surface area contributed by atoms with Crippen LogP contribution in [0.25, 0.3) is 0 Å². The Balaban J connectivity index is 1.41. The number of methoxy groups -OCH3 is 2. The van der Waals surface area contributed by atoms with Crippen molar-refractivity contribution in [2.45, 2.75) is 185 Å². The number of aliphatic hydroxyl groups is 1. The van der Waals surface area contributed by atoms with Crippen LogP contribution < -0.4 is 0 Å². The largest absolute Gasteiger partial charge is 0.459 e. The molecular formula is C55H83NO12S. The van der Waals surface area contributed by atoms with Gasteiger partial charge in [0.1, 0.15) is 29.7 Å². The molecule has 4 saturated heterocycles. The third kappa shape index (κ3) is 12.6. The van der Waals surface area contributed by atoms with Gasteiger partial charge in [-0.3, -0.25) is 9.59 Å². The first-order valence-corrected chi connectivity index (χ1v) is 26.2. The van der Waals surface area contributed by atoms with Crippen molar-refractivity contribution < 1.29 is 57.3 Å². The second kappa shape index (κ2) is 23.9. The van der Waals surface area contributed by atoms with E-state index in [1.165, 1.54) is 5.56 Å². The lowest BCUT2D eigenvalue weighted by Crippen LogP contribution is -2.61. The van der Waals surface area contributed by atoms with E-state index in [1.54, 1.807) is 26.0 Å². The Morgan fingerprint density at radius 2 is 1.45 bits per heavy atom. The van der Waals surface area contributed by atoms with Gasteiger partial charge >= 0.3 is 5.97 Å². The van der Waals surface area contributed by atoms with Crippen LogP contribution in [0.2, 0.25) is 0 Å². The number of ether oxygens (including phenoxy) is 9. The van der Waals surface area contributed by atoms with Gasteiger partial charge in [0.2, 0.25) is 0 Å².